The summed E-state index contributed by atoms with van der Waals surface area (Å²) in [6.45, 7) is 5.45. The van der Waals surface area contributed by atoms with Gasteiger partial charge in [-0.05, 0) is 12.0 Å². The molecule has 0 aromatic heterocycles. The average molecular weight is 168 g/mol. The number of hydrogen-bond donors (Lipinski definition) is 0. The van der Waals surface area contributed by atoms with Crippen molar-refractivity contribution < 1.29 is 4.74 Å². The van der Waals surface area contributed by atoms with Crippen LogP contribution in [0.2, 0.25) is 0 Å². The van der Waals surface area contributed by atoms with Crippen molar-refractivity contribution >= 4 is 0 Å². The molecule has 0 aromatic carbocycles. The van der Waals surface area contributed by atoms with Gasteiger partial charge in [-0.2, -0.15) is 0 Å². The highest BCUT2D eigenvalue weighted by Crippen LogP contribution is 2.27. The molecule has 1 heterocycles. The molecule has 1 atom stereocenters. The van der Waals surface area contributed by atoms with E-state index in [1.54, 1.807) is 0 Å². The summed E-state index contributed by atoms with van der Waals surface area (Å²) in [4.78, 5) is 0. The molecule has 0 bridgehead atoms. The van der Waals surface area contributed by atoms with Crippen LogP contribution in [-0.4, -0.2) is 6.61 Å². The summed E-state index contributed by atoms with van der Waals surface area (Å²) in [6, 6.07) is 0. The lowest BCUT2D eigenvalue weighted by molar-refractivity contribution is 0.204. The lowest BCUT2D eigenvalue weighted by Crippen LogP contribution is -2.14. The van der Waals surface area contributed by atoms with Gasteiger partial charge >= 0.3 is 0 Å². The highest BCUT2D eigenvalue weighted by Gasteiger charge is 2.20. The summed E-state index contributed by atoms with van der Waals surface area (Å²) < 4.78 is 5.25. The average Bonchev–Trinajstić information content (AvgIpc) is 2.56. The summed E-state index contributed by atoms with van der Waals surface area (Å²) in [6.07, 6.45) is 9.40. The molecule has 0 spiro atoms. The van der Waals surface area contributed by atoms with Crippen molar-refractivity contribution in [2.45, 2.75) is 39.5 Å². The topological polar surface area (TPSA) is 9.23 Å². The predicted molar refractivity (Wildman–Crippen MR) is 51.9 cm³/mol. The molecule has 0 N–H and O–H groups in total. The van der Waals surface area contributed by atoms with Crippen LogP contribution in [-0.2, 0) is 4.74 Å². The Morgan fingerprint density at radius 2 is 2.00 bits per heavy atom. The lowest BCUT2D eigenvalue weighted by Gasteiger charge is -2.19. The van der Waals surface area contributed by atoms with E-state index in [1.165, 1.54) is 25.7 Å². The third kappa shape index (κ3) is 2.54. The molecule has 1 aliphatic rings. The van der Waals surface area contributed by atoms with Crippen LogP contribution in [0.1, 0.15) is 39.5 Å². The molecule has 1 heteroatoms. The van der Waals surface area contributed by atoms with Crippen molar-refractivity contribution in [2.24, 2.45) is 11.8 Å². The van der Waals surface area contributed by atoms with Crippen molar-refractivity contribution in [3.63, 3.8) is 0 Å². The Morgan fingerprint density at radius 3 is 2.42 bits per heavy atom. The molecule has 1 rings (SSSR count). The monoisotopic (exact) mass is 168 g/mol. The van der Waals surface area contributed by atoms with Gasteiger partial charge < -0.3 is 4.74 Å². The molecule has 0 radical (unpaired) electrons. The van der Waals surface area contributed by atoms with Gasteiger partial charge in [-0.25, -0.2) is 0 Å². The zero-order chi connectivity index (χ0) is 8.81. The first-order valence-corrected chi connectivity index (χ1v) is 5.16. The Morgan fingerprint density at radius 1 is 1.33 bits per heavy atom. The molecule has 0 saturated heterocycles. The Balaban J connectivity index is 2.34. The first-order valence-electron chi connectivity index (χ1n) is 5.16. The molecule has 1 aliphatic heterocycles. The van der Waals surface area contributed by atoms with E-state index in [1.807, 2.05) is 6.26 Å². The van der Waals surface area contributed by atoms with Crippen LogP contribution >= 0.6 is 0 Å². The van der Waals surface area contributed by atoms with Gasteiger partial charge in [0.05, 0.1) is 12.9 Å². The van der Waals surface area contributed by atoms with Gasteiger partial charge in [0.2, 0.25) is 0 Å². The van der Waals surface area contributed by atoms with Crippen molar-refractivity contribution in [3.8, 4) is 0 Å². The van der Waals surface area contributed by atoms with E-state index in [9.17, 15) is 0 Å². The molecule has 70 valence electrons. The Labute approximate surface area is 75.8 Å². The Kier molecular flexibility index (Phi) is 4.20. The third-order valence-electron chi connectivity index (χ3n) is 2.64. The van der Waals surface area contributed by atoms with Crippen molar-refractivity contribution in [1.82, 2.24) is 0 Å². The maximum absolute atomic E-state index is 5.25. The fourth-order valence-corrected chi connectivity index (χ4v) is 1.99. The van der Waals surface area contributed by atoms with E-state index < -0.39 is 0 Å². The molecular weight excluding hydrogens is 148 g/mol. The second-order valence-corrected chi connectivity index (χ2v) is 3.66. The first kappa shape index (κ1) is 9.63. The smallest absolute Gasteiger partial charge is 0.0939 e. The van der Waals surface area contributed by atoms with Crippen LogP contribution in [0.5, 0.6) is 0 Å². The van der Waals surface area contributed by atoms with Crippen LogP contribution < -0.4 is 0 Å². The third-order valence-corrected chi connectivity index (χ3v) is 2.64. The van der Waals surface area contributed by atoms with Gasteiger partial charge in [0, 0.05) is 5.92 Å². The van der Waals surface area contributed by atoms with E-state index in [2.05, 4.69) is 19.9 Å². The minimum atomic E-state index is 0.699. The summed E-state index contributed by atoms with van der Waals surface area (Å²) >= 11 is 0. The molecule has 0 amide bonds. The van der Waals surface area contributed by atoms with Gasteiger partial charge in [0.15, 0.2) is 0 Å². The van der Waals surface area contributed by atoms with Crippen LogP contribution in [0.3, 0.4) is 0 Å². The van der Waals surface area contributed by atoms with Crippen LogP contribution in [0.4, 0.5) is 0 Å². The van der Waals surface area contributed by atoms with Gasteiger partial charge in [-0.15, -0.1) is 0 Å². The van der Waals surface area contributed by atoms with Crippen molar-refractivity contribution in [1.29, 1.82) is 0 Å². The maximum Gasteiger partial charge on any atom is 0.0939 e. The second kappa shape index (κ2) is 5.23. The minimum Gasteiger partial charge on any atom is -0.501 e. The number of hydrogen-bond acceptors (Lipinski definition) is 1. The largest absolute Gasteiger partial charge is 0.501 e. The maximum atomic E-state index is 5.25. The summed E-state index contributed by atoms with van der Waals surface area (Å²) in [5.74, 6) is 1.56. The molecule has 0 saturated carbocycles. The fourth-order valence-electron chi connectivity index (χ4n) is 1.99. The first-order chi connectivity index (χ1) is 5.88. The van der Waals surface area contributed by atoms with Crippen LogP contribution in [0, 0.1) is 11.8 Å². The molecule has 0 fully saturated rings. The standard InChI is InChI=1S/C11H20O/c1-3-5-10(6-4-2)11-7-8-12-9-11/h7-8,10-11H,3-6,9H2,1-2H3. The molecule has 0 aliphatic carbocycles. The Hall–Kier alpha value is -0.460. The highest BCUT2D eigenvalue weighted by molar-refractivity contribution is 4.92. The van der Waals surface area contributed by atoms with E-state index in [0.717, 1.165) is 12.5 Å². The van der Waals surface area contributed by atoms with Crippen molar-refractivity contribution in [3.05, 3.63) is 12.3 Å². The van der Waals surface area contributed by atoms with Gasteiger partial charge in [0.1, 0.15) is 0 Å². The quantitative estimate of drug-likeness (QED) is 0.611. The SMILES string of the molecule is CCCC(CCC)C1C=COC1. The Bertz CT molecular complexity index is 134. The lowest BCUT2D eigenvalue weighted by atomic mass is 9.86. The van der Waals surface area contributed by atoms with Crippen LogP contribution in [0.25, 0.3) is 0 Å². The molecule has 0 aromatic rings. The van der Waals surface area contributed by atoms with Gasteiger partial charge in [0.25, 0.3) is 0 Å². The molecule has 1 unspecified atom stereocenters. The predicted octanol–water partition coefficient (Wildman–Crippen LogP) is 3.36. The molecule has 12 heavy (non-hydrogen) atoms. The summed E-state index contributed by atoms with van der Waals surface area (Å²) in [5.41, 5.74) is 0. The van der Waals surface area contributed by atoms with E-state index in [0.29, 0.717) is 5.92 Å². The fraction of sp³-hybridized carbons (Fsp3) is 0.818. The normalized spacial score (nSPS) is 21.8. The summed E-state index contributed by atoms with van der Waals surface area (Å²) in [7, 11) is 0. The van der Waals surface area contributed by atoms with E-state index in [-0.39, 0.29) is 0 Å². The van der Waals surface area contributed by atoms with E-state index in [4.69, 9.17) is 4.74 Å². The molecule has 1 nitrogen and oxygen atoms in total. The zero-order valence-electron chi connectivity index (χ0n) is 8.25. The summed E-state index contributed by atoms with van der Waals surface area (Å²) in [5, 5.41) is 0. The number of ether oxygens (including phenoxy) is 1. The van der Waals surface area contributed by atoms with Crippen LogP contribution in [0.15, 0.2) is 12.3 Å². The number of rotatable bonds is 5. The highest BCUT2D eigenvalue weighted by atomic mass is 16.5. The van der Waals surface area contributed by atoms with Gasteiger partial charge in [-0.1, -0.05) is 39.5 Å². The van der Waals surface area contributed by atoms with Gasteiger partial charge in [-0.3, -0.25) is 0 Å². The minimum absolute atomic E-state index is 0.699. The zero-order valence-corrected chi connectivity index (χ0v) is 8.25. The molecular formula is C11H20O. The second-order valence-electron chi connectivity index (χ2n) is 3.66. The van der Waals surface area contributed by atoms with Crippen molar-refractivity contribution in [2.75, 3.05) is 6.61 Å². The van der Waals surface area contributed by atoms with E-state index >= 15 is 0 Å².